The molecule has 1 unspecified atom stereocenters. The molecule has 0 N–H and O–H groups in total. The number of benzene rings is 1. The first-order valence-electron chi connectivity index (χ1n) is 6.83. The van der Waals surface area contributed by atoms with Crippen LogP contribution in [0.5, 0.6) is 0 Å². The summed E-state index contributed by atoms with van der Waals surface area (Å²) in [6.45, 7) is 7.55. The maximum Gasteiger partial charge on any atom is 0.159 e. The highest BCUT2D eigenvalue weighted by Gasteiger charge is 2.06. The SMILES string of the molecule is CCCCCOCC(C)c1ccc(C(C)=O)cc1. The van der Waals surface area contributed by atoms with Crippen molar-refractivity contribution in [3.05, 3.63) is 35.4 Å². The molecule has 0 aliphatic heterocycles. The second-order valence-corrected chi connectivity index (χ2v) is 4.86. The summed E-state index contributed by atoms with van der Waals surface area (Å²) in [5.41, 5.74) is 2.00. The van der Waals surface area contributed by atoms with Crippen molar-refractivity contribution in [2.24, 2.45) is 0 Å². The summed E-state index contributed by atoms with van der Waals surface area (Å²) in [5, 5.41) is 0. The molecule has 0 aliphatic carbocycles. The second-order valence-electron chi connectivity index (χ2n) is 4.86. The Balaban J connectivity index is 2.37. The molecule has 0 heterocycles. The van der Waals surface area contributed by atoms with E-state index in [2.05, 4.69) is 13.8 Å². The number of carbonyl (C=O) groups is 1. The Hall–Kier alpha value is -1.15. The predicted octanol–water partition coefficient (Wildman–Crippen LogP) is 4.20. The number of hydrogen-bond acceptors (Lipinski definition) is 2. The normalized spacial score (nSPS) is 12.4. The molecule has 1 aromatic rings. The van der Waals surface area contributed by atoms with Crippen LogP contribution in [0.25, 0.3) is 0 Å². The molecule has 0 bridgehead atoms. The Bertz CT molecular complexity index is 354. The van der Waals surface area contributed by atoms with Crippen molar-refractivity contribution < 1.29 is 9.53 Å². The van der Waals surface area contributed by atoms with E-state index in [1.165, 1.54) is 18.4 Å². The molecule has 18 heavy (non-hydrogen) atoms. The first-order chi connectivity index (χ1) is 8.65. The third-order valence-corrected chi connectivity index (χ3v) is 3.15. The van der Waals surface area contributed by atoms with Gasteiger partial charge in [0.15, 0.2) is 5.78 Å². The van der Waals surface area contributed by atoms with E-state index in [1.807, 2.05) is 24.3 Å². The number of rotatable bonds is 8. The number of carbonyl (C=O) groups excluding carboxylic acids is 1. The lowest BCUT2D eigenvalue weighted by atomic mass is 10.00. The molecular weight excluding hydrogens is 224 g/mol. The van der Waals surface area contributed by atoms with Crippen molar-refractivity contribution >= 4 is 5.78 Å². The van der Waals surface area contributed by atoms with E-state index in [1.54, 1.807) is 6.92 Å². The van der Waals surface area contributed by atoms with Crippen LogP contribution in [-0.2, 0) is 4.74 Å². The molecule has 1 atom stereocenters. The minimum atomic E-state index is 0.116. The van der Waals surface area contributed by atoms with Gasteiger partial charge in [-0.3, -0.25) is 4.79 Å². The maximum absolute atomic E-state index is 11.2. The largest absolute Gasteiger partial charge is 0.381 e. The Labute approximate surface area is 110 Å². The van der Waals surface area contributed by atoms with Gasteiger partial charge in [-0.25, -0.2) is 0 Å². The Morgan fingerprint density at radius 1 is 1.22 bits per heavy atom. The van der Waals surface area contributed by atoms with Gasteiger partial charge in [0.2, 0.25) is 0 Å². The van der Waals surface area contributed by atoms with Crippen LogP contribution < -0.4 is 0 Å². The average Bonchev–Trinajstić information content (AvgIpc) is 2.38. The third kappa shape index (κ3) is 5.01. The van der Waals surface area contributed by atoms with Crippen molar-refractivity contribution in [2.45, 2.75) is 46.0 Å². The minimum Gasteiger partial charge on any atom is -0.381 e. The van der Waals surface area contributed by atoms with Crippen LogP contribution in [0, 0.1) is 0 Å². The summed E-state index contributed by atoms with van der Waals surface area (Å²) in [7, 11) is 0. The molecule has 0 amide bonds. The summed E-state index contributed by atoms with van der Waals surface area (Å²) in [6, 6.07) is 7.84. The van der Waals surface area contributed by atoms with Crippen molar-refractivity contribution in [1.29, 1.82) is 0 Å². The summed E-state index contributed by atoms with van der Waals surface area (Å²) < 4.78 is 5.66. The number of unbranched alkanes of at least 4 members (excludes halogenated alkanes) is 2. The molecule has 0 spiro atoms. The van der Waals surface area contributed by atoms with Gasteiger partial charge < -0.3 is 4.74 Å². The van der Waals surface area contributed by atoms with E-state index in [0.717, 1.165) is 25.2 Å². The van der Waals surface area contributed by atoms with Crippen molar-refractivity contribution in [3.8, 4) is 0 Å². The molecule has 1 aromatic carbocycles. The van der Waals surface area contributed by atoms with Crippen molar-refractivity contribution in [3.63, 3.8) is 0 Å². The summed E-state index contributed by atoms with van der Waals surface area (Å²) >= 11 is 0. The van der Waals surface area contributed by atoms with Gasteiger partial charge in [0.25, 0.3) is 0 Å². The van der Waals surface area contributed by atoms with Crippen molar-refractivity contribution in [1.82, 2.24) is 0 Å². The molecule has 0 saturated heterocycles. The zero-order chi connectivity index (χ0) is 13.4. The van der Waals surface area contributed by atoms with Crippen LogP contribution in [0.4, 0.5) is 0 Å². The fourth-order valence-corrected chi connectivity index (χ4v) is 1.86. The fourth-order valence-electron chi connectivity index (χ4n) is 1.86. The van der Waals surface area contributed by atoms with Crippen LogP contribution in [0.2, 0.25) is 0 Å². The lowest BCUT2D eigenvalue weighted by molar-refractivity contribution is 0.101. The van der Waals surface area contributed by atoms with E-state index < -0.39 is 0 Å². The molecule has 0 radical (unpaired) electrons. The number of ether oxygens (including phenoxy) is 1. The van der Waals surface area contributed by atoms with Gasteiger partial charge in [-0.05, 0) is 18.9 Å². The highest BCUT2D eigenvalue weighted by atomic mass is 16.5. The topological polar surface area (TPSA) is 26.3 Å². The average molecular weight is 248 g/mol. The van der Waals surface area contributed by atoms with Crippen LogP contribution in [0.15, 0.2) is 24.3 Å². The second kappa shape index (κ2) is 8.04. The molecule has 0 saturated carbocycles. The van der Waals surface area contributed by atoms with Gasteiger partial charge in [0, 0.05) is 18.1 Å². The first-order valence-corrected chi connectivity index (χ1v) is 6.83. The number of Topliss-reactive ketones (excluding diaryl/α,β-unsaturated/α-hetero) is 1. The van der Waals surface area contributed by atoms with Crippen molar-refractivity contribution in [2.75, 3.05) is 13.2 Å². The lowest BCUT2D eigenvalue weighted by Gasteiger charge is -2.12. The van der Waals surface area contributed by atoms with E-state index in [0.29, 0.717) is 5.92 Å². The van der Waals surface area contributed by atoms with Gasteiger partial charge in [-0.1, -0.05) is 51.0 Å². The Morgan fingerprint density at radius 2 is 1.89 bits per heavy atom. The predicted molar refractivity (Wildman–Crippen MR) is 75.2 cm³/mol. The standard InChI is InChI=1S/C16H24O2/c1-4-5-6-11-18-12-13(2)15-7-9-16(10-8-15)14(3)17/h7-10,13H,4-6,11-12H2,1-3H3. The van der Waals surface area contributed by atoms with Gasteiger partial charge in [-0.2, -0.15) is 0 Å². The molecule has 2 heteroatoms. The zero-order valence-corrected chi connectivity index (χ0v) is 11.7. The zero-order valence-electron chi connectivity index (χ0n) is 11.7. The van der Waals surface area contributed by atoms with E-state index >= 15 is 0 Å². The molecule has 1 rings (SSSR count). The van der Waals surface area contributed by atoms with Gasteiger partial charge in [-0.15, -0.1) is 0 Å². The molecule has 0 aliphatic rings. The van der Waals surface area contributed by atoms with Gasteiger partial charge in [0.05, 0.1) is 6.61 Å². The molecular formula is C16H24O2. The first kappa shape index (κ1) is 14.9. The Kier molecular flexibility index (Phi) is 6.66. The molecule has 100 valence electrons. The molecule has 2 nitrogen and oxygen atoms in total. The van der Waals surface area contributed by atoms with E-state index in [-0.39, 0.29) is 5.78 Å². The van der Waals surface area contributed by atoms with Crippen LogP contribution in [0.3, 0.4) is 0 Å². The summed E-state index contributed by atoms with van der Waals surface area (Å²) in [6.07, 6.45) is 3.61. The maximum atomic E-state index is 11.2. The van der Waals surface area contributed by atoms with Crippen LogP contribution in [0.1, 0.15) is 61.9 Å². The minimum absolute atomic E-state index is 0.116. The monoisotopic (exact) mass is 248 g/mol. The fraction of sp³-hybridized carbons (Fsp3) is 0.562. The van der Waals surface area contributed by atoms with E-state index in [9.17, 15) is 4.79 Å². The number of hydrogen-bond donors (Lipinski definition) is 0. The third-order valence-electron chi connectivity index (χ3n) is 3.15. The van der Waals surface area contributed by atoms with Gasteiger partial charge >= 0.3 is 0 Å². The molecule has 0 aromatic heterocycles. The van der Waals surface area contributed by atoms with Crippen LogP contribution in [-0.4, -0.2) is 19.0 Å². The highest BCUT2D eigenvalue weighted by molar-refractivity contribution is 5.94. The van der Waals surface area contributed by atoms with Gasteiger partial charge in [0.1, 0.15) is 0 Å². The number of ketones is 1. The summed E-state index contributed by atoms with van der Waals surface area (Å²) in [5.74, 6) is 0.498. The smallest absolute Gasteiger partial charge is 0.159 e. The lowest BCUT2D eigenvalue weighted by Crippen LogP contribution is -2.06. The van der Waals surface area contributed by atoms with Crippen LogP contribution >= 0.6 is 0 Å². The summed E-state index contributed by atoms with van der Waals surface area (Å²) in [4.78, 5) is 11.2. The highest BCUT2D eigenvalue weighted by Crippen LogP contribution is 2.16. The Morgan fingerprint density at radius 3 is 2.44 bits per heavy atom. The van der Waals surface area contributed by atoms with E-state index in [4.69, 9.17) is 4.74 Å². The molecule has 0 fully saturated rings. The quantitative estimate of drug-likeness (QED) is 0.509.